The van der Waals surface area contributed by atoms with Crippen molar-refractivity contribution in [1.29, 1.82) is 0 Å². The van der Waals surface area contributed by atoms with Gasteiger partial charge in [0, 0.05) is 19.1 Å². The van der Waals surface area contributed by atoms with Gasteiger partial charge in [0.2, 0.25) is 0 Å². The number of halogens is 1. The zero-order valence-corrected chi connectivity index (χ0v) is 17.0. The molecular formula is C23H23FN4S. The van der Waals surface area contributed by atoms with E-state index < -0.39 is 0 Å². The van der Waals surface area contributed by atoms with Crippen LogP contribution < -0.4 is 0 Å². The SMILES string of the molecule is Fc1ccccc1-c1nn(CN2CC=C(c3ccccc3)CC2)c(=S)n1C1CC1. The van der Waals surface area contributed by atoms with E-state index in [1.54, 1.807) is 12.1 Å². The maximum Gasteiger partial charge on any atom is 0.199 e. The summed E-state index contributed by atoms with van der Waals surface area (Å²) in [5.41, 5.74) is 3.21. The zero-order chi connectivity index (χ0) is 19.8. The molecule has 3 aromatic rings. The molecule has 148 valence electrons. The average molecular weight is 407 g/mol. The van der Waals surface area contributed by atoms with Gasteiger partial charge in [0.25, 0.3) is 0 Å². The lowest BCUT2D eigenvalue weighted by Gasteiger charge is -2.26. The number of hydrogen-bond donors (Lipinski definition) is 0. The minimum absolute atomic E-state index is 0.255. The van der Waals surface area contributed by atoms with E-state index in [-0.39, 0.29) is 5.82 Å². The van der Waals surface area contributed by atoms with Gasteiger partial charge in [-0.1, -0.05) is 48.5 Å². The minimum atomic E-state index is -0.255. The first-order chi connectivity index (χ1) is 14.2. The maximum atomic E-state index is 14.4. The monoisotopic (exact) mass is 406 g/mol. The number of benzene rings is 2. The second-order valence-electron chi connectivity index (χ2n) is 7.75. The van der Waals surface area contributed by atoms with Crippen molar-refractivity contribution in [2.24, 2.45) is 0 Å². The summed E-state index contributed by atoms with van der Waals surface area (Å²) in [4.78, 5) is 2.33. The third kappa shape index (κ3) is 3.70. The van der Waals surface area contributed by atoms with Crippen LogP contribution in [0.5, 0.6) is 0 Å². The zero-order valence-electron chi connectivity index (χ0n) is 16.2. The predicted molar refractivity (Wildman–Crippen MR) is 115 cm³/mol. The molecule has 1 saturated carbocycles. The average Bonchev–Trinajstić information content (AvgIpc) is 3.54. The lowest BCUT2D eigenvalue weighted by molar-refractivity contribution is 0.226. The van der Waals surface area contributed by atoms with Crippen molar-refractivity contribution in [2.45, 2.75) is 32.0 Å². The number of nitrogens with zero attached hydrogens (tertiary/aromatic N) is 4. The summed E-state index contributed by atoms with van der Waals surface area (Å²) in [7, 11) is 0. The Balaban J connectivity index is 1.40. The second kappa shape index (κ2) is 7.69. The Kier molecular flexibility index (Phi) is 4.89. The first-order valence-electron chi connectivity index (χ1n) is 10.1. The third-order valence-corrected chi connectivity index (χ3v) is 6.08. The van der Waals surface area contributed by atoms with Gasteiger partial charge < -0.3 is 0 Å². The van der Waals surface area contributed by atoms with Gasteiger partial charge in [0.15, 0.2) is 10.6 Å². The molecule has 1 aliphatic carbocycles. The molecule has 0 spiro atoms. The Hall–Kier alpha value is -2.57. The van der Waals surface area contributed by atoms with Crippen LogP contribution in [0.4, 0.5) is 4.39 Å². The van der Waals surface area contributed by atoms with Gasteiger partial charge in [-0.05, 0) is 54.7 Å². The first kappa shape index (κ1) is 18.5. The van der Waals surface area contributed by atoms with Crippen molar-refractivity contribution < 1.29 is 4.39 Å². The van der Waals surface area contributed by atoms with E-state index in [2.05, 4.69) is 35.2 Å². The molecule has 4 nitrogen and oxygen atoms in total. The molecule has 2 heterocycles. The normalized spacial score (nSPS) is 17.3. The molecule has 0 N–H and O–H groups in total. The van der Waals surface area contributed by atoms with Crippen LogP contribution in [-0.4, -0.2) is 32.3 Å². The fourth-order valence-corrected chi connectivity index (χ4v) is 4.28. The largest absolute Gasteiger partial charge is 0.297 e. The number of hydrogen-bond acceptors (Lipinski definition) is 3. The van der Waals surface area contributed by atoms with Crippen LogP contribution in [0.25, 0.3) is 17.0 Å². The highest BCUT2D eigenvalue weighted by Crippen LogP contribution is 2.39. The molecule has 0 atom stereocenters. The highest BCUT2D eigenvalue weighted by Gasteiger charge is 2.30. The van der Waals surface area contributed by atoms with E-state index in [1.165, 1.54) is 17.2 Å². The summed E-state index contributed by atoms with van der Waals surface area (Å²) in [5, 5.41) is 4.75. The van der Waals surface area contributed by atoms with Crippen LogP contribution in [0.3, 0.4) is 0 Å². The van der Waals surface area contributed by atoms with E-state index in [4.69, 9.17) is 17.3 Å². The minimum Gasteiger partial charge on any atom is -0.297 e. The quantitative estimate of drug-likeness (QED) is 0.538. The highest BCUT2D eigenvalue weighted by molar-refractivity contribution is 7.71. The van der Waals surface area contributed by atoms with Crippen LogP contribution in [0, 0.1) is 10.6 Å². The maximum absolute atomic E-state index is 14.4. The molecule has 2 aliphatic rings. The van der Waals surface area contributed by atoms with Crippen molar-refractivity contribution in [3.05, 3.63) is 76.8 Å². The van der Waals surface area contributed by atoms with Crippen molar-refractivity contribution in [2.75, 3.05) is 13.1 Å². The summed E-state index contributed by atoms with van der Waals surface area (Å²) in [6.45, 7) is 2.43. The Morgan fingerprint density at radius 1 is 1.03 bits per heavy atom. The molecule has 0 saturated heterocycles. The number of aromatic nitrogens is 3. The van der Waals surface area contributed by atoms with Crippen LogP contribution in [0.2, 0.25) is 0 Å². The van der Waals surface area contributed by atoms with Crippen molar-refractivity contribution in [3.8, 4) is 11.4 Å². The van der Waals surface area contributed by atoms with Crippen LogP contribution >= 0.6 is 12.2 Å². The molecule has 1 fully saturated rings. The smallest absolute Gasteiger partial charge is 0.199 e. The standard InChI is InChI=1S/C23H23FN4S/c24-21-9-5-4-8-20(21)22-25-27(23(29)28(22)19-10-11-19)16-26-14-12-18(13-15-26)17-6-2-1-3-7-17/h1-9,12,19H,10-11,13-16H2. The van der Waals surface area contributed by atoms with Gasteiger partial charge in [-0.3, -0.25) is 9.47 Å². The van der Waals surface area contributed by atoms with Crippen molar-refractivity contribution >= 4 is 17.8 Å². The molecule has 0 unspecified atom stereocenters. The summed E-state index contributed by atoms with van der Waals surface area (Å²) >= 11 is 5.74. The lowest BCUT2D eigenvalue weighted by atomic mass is 10.00. The molecule has 1 aromatic heterocycles. The van der Waals surface area contributed by atoms with E-state index in [0.717, 1.165) is 32.4 Å². The topological polar surface area (TPSA) is 26.0 Å². The summed E-state index contributed by atoms with van der Waals surface area (Å²) in [6, 6.07) is 17.7. The molecule has 2 aromatic carbocycles. The number of rotatable bonds is 5. The first-order valence-corrected chi connectivity index (χ1v) is 10.5. The van der Waals surface area contributed by atoms with Gasteiger partial charge in [0.05, 0.1) is 12.2 Å². The van der Waals surface area contributed by atoms with E-state index in [1.807, 2.05) is 21.4 Å². The van der Waals surface area contributed by atoms with E-state index in [9.17, 15) is 4.39 Å². The molecular weight excluding hydrogens is 383 g/mol. The third-order valence-electron chi connectivity index (χ3n) is 5.67. The Labute approximate surface area is 174 Å². The van der Waals surface area contributed by atoms with Gasteiger partial charge in [-0.25, -0.2) is 9.07 Å². The van der Waals surface area contributed by atoms with Crippen molar-refractivity contribution in [3.63, 3.8) is 0 Å². The lowest BCUT2D eigenvalue weighted by Crippen LogP contribution is -2.31. The van der Waals surface area contributed by atoms with Crippen LogP contribution in [0.1, 0.15) is 30.9 Å². The molecule has 1 aliphatic heterocycles. The van der Waals surface area contributed by atoms with Crippen molar-refractivity contribution in [1.82, 2.24) is 19.2 Å². The predicted octanol–water partition coefficient (Wildman–Crippen LogP) is 5.30. The summed E-state index contributed by atoms with van der Waals surface area (Å²) in [5.74, 6) is 0.392. The molecule has 0 radical (unpaired) electrons. The fourth-order valence-electron chi connectivity index (χ4n) is 3.94. The molecule has 29 heavy (non-hydrogen) atoms. The highest BCUT2D eigenvalue weighted by atomic mass is 32.1. The molecule has 0 bridgehead atoms. The second-order valence-corrected chi connectivity index (χ2v) is 8.12. The molecule has 6 heteroatoms. The van der Waals surface area contributed by atoms with Crippen LogP contribution in [0.15, 0.2) is 60.7 Å². The van der Waals surface area contributed by atoms with Gasteiger partial charge in [-0.15, -0.1) is 0 Å². The van der Waals surface area contributed by atoms with Crippen LogP contribution in [-0.2, 0) is 6.67 Å². The van der Waals surface area contributed by atoms with Gasteiger partial charge in [0.1, 0.15) is 5.82 Å². The molecule has 5 rings (SSSR count). The van der Waals surface area contributed by atoms with E-state index in [0.29, 0.717) is 28.9 Å². The Morgan fingerprint density at radius 3 is 2.48 bits per heavy atom. The molecule has 0 amide bonds. The Morgan fingerprint density at radius 2 is 1.79 bits per heavy atom. The Bertz CT molecular complexity index is 1110. The van der Waals surface area contributed by atoms with E-state index >= 15 is 0 Å². The summed E-state index contributed by atoms with van der Waals surface area (Å²) in [6.07, 6.45) is 5.45. The summed E-state index contributed by atoms with van der Waals surface area (Å²) < 4.78 is 19.0. The fraction of sp³-hybridized carbons (Fsp3) is 0.304. The van der Waals surface area contributed by atoms with Gasteiger partial charge >= 0.3 is 0 Å². The van der Waals surface area contributed by atoms with Gasteiger partial charge in [-0.2, -0.15) is 5.10 Å².